The van der Waals surface area contributed by atoms with Crippen LogP contribution in [0.4, 0.5) is 0 Å². The van der Waals surface area contributed by atoms with Crippen molar-refractivity contribution >= 4 is 40.1 Å². The number of fused-ring (bicyclic) bond motifs is 2. The number of rotatable bonds is 1. The monoisotopic (exact) mass is 272 g/mol. The Balaban J connectivity index is 1.89. The summed E-state index contributed by atoms with van der Waals surface area (Å²) in [6.45, 7) is 0. The Kier molecular flexibility index (Phi) is 2.32. The van der Waals surface area contributed by atoms with Crippen LogP contribution in [-0.2, 0) is 12.8 Å². The highest BCUT2D eigenvalue weighted by Crippen LogP contribution is 2.47. The van der Waals surface area contributed by atoms with Crippen LogP contribution in [0, 0.1) is 0 Å². The van der Waals surface area contributed by atoms with Gasteiger partial charge in [0.2, 0.25) is 0 Å². The summed E-state index contributed by atoms with van der Waals surface area (Å²) in [7, 11) is 0. The van der Waals surface area contributed by atoms with Crippen molar-refractivity contribution in [2.24, 2.45) is 0 Å². The van der Waals surface area contributed by atoms with Gasteiger partial charge in [-0.05, 0) is 65.5 Å². The van der Waals surface area contributed by atoms with Gasteiger partial charge in [0, 0.05) is 9.75 Å². The first-order chi connectivity index (χ1) is 8.86. The molecule has 2 aromatic heterocycles. The van der Waals surface area contributed by atoms with Crippen LogP contribution in [0.1, 0.15) is 43.4 Å². The molecule has 90 valence electrons. The average molecular weight is 272 g/mol. The topological polar surface area (TPSA) is 17.1 Å². The Labute approximate surface area is 114 Å². The molecule has 0 atom stereocenters. The van der Waals surface area contributed by atoms with Gasteiger partial charge in [-0.1, -0.05) is 0 Å². The van der Waals surface area contributed by atoms with Crippen LogP contribution >= 0.6 is 22.7 Å². The van der Waals surface area contributed by atoms with E-state index in [0.717, 1.165) is 24.0 Å². The van der Waals surface area contributed by atoms with Crippen molar-refractivity contribution in [1.82, 2.24) is 0 Å². The fraction of sp³-hybridized carbons (Fsp3) is 0.267. The molecule has 0 radical (unpaired) electrons. The highest BCUT2D eigenvalue weighted by molar-refractivity contribution is 7.15. The summed E-state index contributed by atoms with van der Waals surface area (Å²) >= 11 is 3.54. The summed E-state index contributed by atoms with van der Waals surface area (Å²) in [5, 5.41) is 2.20. The van der Waals surface area contributed by atoms with Gasteiger partial charge in [0.1, 0.15) is 0 Å². The van der Waals surface area contributed by atoms with Crippen LogP contribution in [0.25, 0.3) is 11.1 Å². The van der Waals surface area contributed by atoms with E-state index in [1.807, 2.05) is 11.3 Å². The highest BCUT2D eigenvalue weighted by atomic mass is 32.1. The van der Waals surface area contributed by atoms with Crippen molar-refractivity contribution in [2.75, 3.05) is 0 Å². The minimum Gasteiger partial charge on any atom is -0.297 e. The maximum Gasteiger partial charge on any atom is 0.160 e. The van der Waals surface area contributed by atoms with Crippen LogP contribution < -0.4 is 0 Å². The Morgan fingerprint density at radius 1 is 1.00 bits per heavy atom. The lowest BCUT2D eigenvalue weighted by atomic mass is 10.1. The Morgan fingerprint density at radius 2 is 1.78 bits per heavy atom. The summed E-state index contributed by atoms with van der Waals surface area (Å²) in [5.74, 6) is 0. The van der Waals surface area contributed by atoms with Crippen LogP contribution in [0.2, 0.25) is 0 Å². The van der Waals surface area contributed by atoms with Crippen molar-refractivity contribution < 1.29 is 4.79 Å². The van der Waals surface area contributed by atoms with Crippen LogP contribution in [0.3, 0.4) is 0 Å². The molecule has 4 rings (SSSR count). The van der Waals surface area contributed by atoms with Crippen LogP contribution in [-0.4, -0.2) is 6.29 Å². The molecule has 0 amide bonds. The van der Waals surface area contributed by atoms with Gasteiger partial charge in [0.15, 0.2) is 6.29 Å². The van der Waals surface area contributed by atoms with E-state index in [1.165, 1.54) is 39.3 Å². The number of thiophene rings is 2. The van der Waals surface area contributed by atoms with Gasteiger partial charge in [0.05, 0.1) is 4.88 Å². The Bertz CT molecular complexity index is 672. The van der Waals surface area contributed by atoms with E-state index < -0.39 is 0 Å². The van der Waals surface area contributed by atoms with E-state index in [2.05, 4.69) is 17.5 Å². The van der Waals surface area contributed by atoms with Crippen LogP contribution in [0.15, 0.2) is 17.5 Å². The first kappa shape index (κ1) is 10.7. The number of hydrogen-bond donors (Lipinski definition) is 0. The SMILES string of the molecule is O=Cc1cc2c(s1)/C(=C1/CCc3ccsc31)CC2. The Morgan fingerprint density at radius 3 is 2.61 bits per heavy atom. The number of carbonyl (C=O) groups is 1. The molecule has 0 unspecified atom stereocenters. The van der Waals surface area contributed by atoms with Crippen molar-refractivity contribution in [3.8, 4) is 0 Å². The first-order valence-electron chi connectivity index (χ1n) is 6.24. The highest BCUT2D eigenvalue weighted by Gasteiger charge is 2.27. The zero-order chi connectivity index (χ0) is 12.1. The third-order valence-corrected chi connectivity index (χ3v) is 6.07. The van der Waals surface area contributed by atoms with Gasteiger partial charge in [-0.3, -0.25) is 4.79 Å². The lowest BCUT2D eigenvalue weighted by Gasteiger charge is -2.04. The smallest absolute Gasteiger partial charge is 0.160 e. The summed E-state index contributed by atoms with van der Waals surface area (Å²) in [5.41, 5.74) is 5.97. The standard InChI is InChI=1S/C15H12OS2/c16-8-11-7-10-2-4-13(15(10)18-11)12-3-1-9-5-6-17-14(9)12/h5-8H,1-4H2/b13-12-. The number of aldehydes is 1. The maximum atomic E-state index is 10.9. The molecule has 2 heterocycles. The molecule has 0 spiro atoms. The molecule has 1 nitrogen and oxygen atoms in total. The minimum absolute atomic E-state index is 0.877. The third kappa shape index (κ3) is 1.41. The van der Waals surface area contributed by atoms with Gasteiger partial charge in [-0.2, -0.15) is 0 Å². The van der Waals surface area contributed by atoms with Gasteiger partial charge in [0.25, 0.3) is 0 Å². The van der Waals surface area contributed by atoms with E-state index in [4.69, 9.17) is 0 Å². The molecular formula is C15H12OS2. The van der Waals surface area contributed by atoms with Crippen molar-refractivity contribution in [3.63, 3.8) is 0 Å². The summed E-state index contributed by atoms with van der Waals surface area (Å²) in [4.78, 5) is 14.7. The fourth-order valence-corrected chi connectivity index (χ4v) is 5.25. The second-order valence-electron chi connectivity index (χ2n) is 4.85. The summed E-state index contributed by atoms with van der Waals surface area (Å²) in [6, 6.07) is 4.33. The molecule has 0 aliphatic heterocycles. The lowest BCUT2D eigenvalue weighted by molar-refractivity contribution is 0.112. The van der Waals surface area contributed by atoms with E-state index >= 15 is 0 Å². The van der Waals surface area contributed by atoms with E-state index in [9.17, 15) is 4.79 Å². The average Bonchev–Trinajstić information content (AvgIpc) is 3.08. The predicted molar refractivity (Wildman–Crippen MR) is 77.5 cm³/mol. The Hall–Kier alpha value is -1.19. The second kappa shape index (κ2) is 3.90. The predicted octanol–water partition coefficient (Wildman–Crippen LogP) is 4.43. The number of allylic oxidation sites excluding steroid dienone is 2. The van der Waals surface area contributed by atoms with Gasteiger partial charge in [-0.25, -0.2) is 0 Å². The molecule has 3 heteroatoms. The normalized spacial score (nSPS) is 21.1. The largest absolute Gasteiger partial charge is 0.297 e. The molecule has 2 aliphatic carbocycles. The molecule has 0 saturated carbocycles. The van der Waals surface area contributed by atoms with Gasteiger partial charge in [-0.15, -0.1) is 22.7 Å². The number of carbonyl (C=O) groups excluding carboxylic acids is 1. The molecule has 0 saturated heterocycles. The van der Waals surface area contributed by atoms with E-state index in [1.54, 1.807) is 16.9 Å². The first-order valence-corrected chi connectivity index (χ1v) is 7.93. The van der Waals surface area contributed by atoms with E-state index in [0.29, 0.717) is 0 Å². The molecule has 0 N–H and O–H groups in total. The number of hydrogen-bond acceptors (Lipinski definition) is 3. The summed E-state index contributed by atoms with van der Waals surface area (Å²) in [6.07, 6.45) is 5.63. The van der Waals surface area contributed by atoms with Gasteiger partial charge >= 0.3 is 0 Å². The zero-order valence-electron chi connectivity index (χ0n) is 9.86. The molecule has 2 aromatic rings. The molecule has 18 heavy (non-hydrogen) atoms. The molecule has 0 aromatic carbocycles. The maximum absolute atomic E-state index is 10.9. The second-order valence-corrected chi connectivity index (χ2v) is 6.85. The third-order valence-electron chi connectivity index (χ3n) is 3.89. The molecule has 0 fully saturated rings. The van der Waals surface area contributed by atoms with Gasteiger partial charge < -0.3 is 0 Å². The molecule has 2 aliphatic rings. The summed E-state index contributed by atoms with van der Waals surface area (Å²) < 4.78 is 0. The van der Waals surface area contributed by atoms with Crippen LogP contribution in [0.5, 0.6) is 0 Å². The quantitative estimate of drug-likeness (QED) is 0.702. The zero-order valence-corrected chi connectivity index (χ0v) is 11.5. The van der Waals surface area contributed by atoms with Crippen molar-refractivity contribution in [1.29, 1.82) is 0 Å². The molecular weight excluding hydrogens is 260 g/mol. The lowest BCUT2D eigenvalue weighted by Crippen LogP contribution is -1.81. The van der Waals surface area contributed by atoms with Crippen molar-refractivity contribution in [3.05, 3.63) is 43.3 Å². The van der Waals surface area contributed by atoms with Crippen molar-refractivity contribution in [2.45, 2.75) is 25.7 Å². The number of aryl methyl sites for hydroxylation is 2. The minimum atomic E-state index is 0.877. The van der Waals surface area contributed by atoms with E-state index in [-0.39, 0.29) is 0 Å². The fourth-order valence-electron chi connectivity index (χ4n) is 3.07. The molecule has 0 bridgehead atoms.